The molecule has 0 bridgehead atoms. The van der Waals surface area contributed by atoms with Crippen molar-refractivity contribution in [2.45, 2.75) is 48.7 Å². The fourth-order valence-electron chi connectivity index (χ4n) is 4.77. The van der Waals surface area contributed by atoms with Crippen LogP contribution in [0.15, 0.2) is 52.0 Å². The van der Waals surface area contributed by atoms with Gasteiger partial charge in [0.1, 0.15) is 17.1 Å². The Balaban J connectivity index is 1.27. The highest BCUT2D eigenvalue weighted by Crippen LogP contribution is 2.41. The van der Waals surface area contributed by atoms with Gasteiger partial charge in [-0.25, -0.2) is 4.79 Å². The molecule has 5 rings (SSSR count). The van der Waals surface area contributed by atoms with E-state index >= 15 is 0 Å². The number of nitrogens with zero attached hydrogens (tertiary/aromatic N) is 4. The molecule has 2 aliphatic heterocycles. The Kier molecular flexibility index (Phi) is 6.85. The van der Waals surface area contributed by atoms with Crippen molar-refractivity contribution in [2.75, 3.05) is 18.1 Å². The molecule has 2 amide bonds. The van der Waals surface area contributed by atoms with E-state index in [1.807, 2.05) is 28.8 Å². The van der Waals surface area contributed by atoms with Crippen LogP contribution in [0.5, 0.6) is 0 Å². The van der Waals surface area contributed by atoms with Gasteiger partial charge in [0.2, 0.25) is 5.91 Å². The van der Waals surface area contributed by atoms with Crippen LogP contribution in [0.4, 0.5) is 0 Å². The fourth-order valence-corrected chi connectivity index (χ4v) is 7.18. The third kappa shape index (κ3) is 4.57. The predicted molar refractivity (Wildman–Crippen MR) is 133 cm³/mol. The van der Waals surface area contributed by atoms with Gasteiger partial charge in [0.05, 0.1) is 0 Å². The first kappa shape index (κ1) is 23.9. The summed E-state index contributed by atoms with van der Waals surface area (Å²) in [5.41, 5.74) is 9.40. The van der Waals surface area contributed by atoms with Gasteiger partial charge in [0, 0.05) is 30.7 Å². The molecule has 3 aliphatic rings. The zero-order valence-corrected chi connectivity index (χ0v) is 20.6. The van der Waals surface area contributed by atoms with Crippen molar-refractivity contribution in [3.8, 4) is 0 Å². The lowest BCUT2D eigenvalue weighted by molar-refractivity contribution is -0.150. The molecule has 0 spiro atoms. The van der Waals surface area contributed by atoms with Gasteiger partial charge < -0.3 is 16.2 Å². The number of carbonyl (C=O) groups excluding carboxylic acids is 2. The van der Waals surface area contributed by atoms with Crippen molar-refractivity contribution in [2.24, 2.45) is 5.73 Å². The van der Waals surface area contributed by atoms with Crippen LogP contribution in [0.3, 0.4) is 0 Å². The lowest BCUT2D eigenvalue weighted by atomic mass is 9.89. The van der Waals surface area contributed by atoms with Gasteiger partial charge in [-0.3, -0.25) is 18.9 Å². The maximum Gasteiger partial charge on any atom is 0.352 e. The zero-order valence-electron chi connectivity index (χ0n) is 19.0. The van der Waals surface area contributed by atoms with Gasteiger partial charge in [-0.05, 0) is 43.4 Å². The van der Waals surface area contributed by atoms with Gasteiger partial charge in [-0.1, -0.05) is 29.0 Å². The maximum absolute atomic E-state index is 12.9. The second kappa shape index (κ2) is 10.0. The van der Waals surface area contributed by atoms with Crippen molar-refractivity contribution >= 4 is 47.0 Å². The van der Waals surface area contributed by atoms with Crippen LogP contribution in [0.25, 0.3) is 5.65 Å². The van der Waals surface area contributed by atoms with Crippen LogP contribution in [0.2, 0.25) is 0 Å². The minimum atomic E-state index is -1.14. The van der Waals surface area contributed by atoms with Crippen LogP contribution in [0, 0.1) is 0 Å². The van der Waals surface area contributed by atoms with Crippen LogP contribution in [0.1, 0.15) is 32.1 Å². The molecule has 0 saturated carbocycles. The van der Waals surface area contributed by atoms with E-state index in [2.05, 4.69) is 15.5 Å². The number of fused-ring (bicyclic) bond motifs is 2. The summed E-state index contributed by atoms with van der Waals surface area (Å²) in [6.45, 7) is 0.454. The minimum Gasteiger partial charge on any atom is -0.477 e. The molecule has 4 heterocycles. The van der Waals surface area contributed by atoms with Crippen molar-refractivity contribution in [1.29, 1.82) is 0 Å². The third-order valence-corrected chi connectivity index (χ3v) is 8.92. The number of carbonyl (C=O) groups is 3. The molecule has 184 valence electrons. The highest BCUT2D eigenvalue weighted by Gasteiger charge is 2.54. The van der Waals surface area contributed by atoms with Crippen LogP contribution >= 0.6 is 23.5 Å². The number of β-lactam (4-membered cyclic amide) rings is 1. The second-order valence-corrected chi connectivity index (χ2v) is 10.8. The lowest BCUT2D eigenvalue weighted by Crippen LogP contribution is -2.70. The number of nitrogens with two attached hydrogens (primary N) is 1. The van der Waals surface area contributed by atoms with Crippen molar-refractivity contribution in [3.05, 3.63) is 46.8 Å². The van der Waals surface area contributed by atoms with Crippen LogP contribution in [-0.4, -0.2) is 71.9 Å². The van der Waals surface area contributed by atoms with E-state index in [1.54, 1.807) is 0 Å². The molecule has 1 unspecified atom stereocenters. The summed E-state index contributed by atoms with van der Waals surface area (Å²) >= 11 is 2.85. The van der Waals surface area contributed by atoms with Gasteiger partial charge in [0.15, 0.2) is 10.8 Å². The summed E-state index contributed by atoms with van der Waals surface area (Å²) in [4.78, 5) is 39.1. The number of aliphatic carboxylic acids is 1. The van der Waals surface area contributed by atoms with Crippen molar-refractivity contribution < 1.29 is 19.5 Å². The molecule has 4 N–H and O–H groups in total. The number of carboxylic acid groups (broad SMARTS) is 1. The molecule has 1 aliphatic carbocycles. The van der Waals surface area contributed by atoms with Crippen molar-refractivity contribution in [3.63, 3.8) is 0 Å². The first-order valence-corrected chi connectivity index (χ1v) is 13.5. The number of pyridine rings is 1. The molecular formula is C23H26N6O4S2. The smallest absolute Gasteiger partial charge is 0.352 e. The standard InChI is InChI=1S/C23H26N6O4S2/c24-10-14-6-2-1-5-13(14)9-17(30)25-18-20(31)29-19(22(32)33)15(11-34-21(18)29)12-35-23-27-26-16-7-3-4-8-28(16)23/h3-4,7-8,18,21H,1-2,5-6,9-12,24H2,(H,25,30)(H,32,33)/t18?,21-/m0/s1. The number of hydrogen-bond donors (Lipinski definition) is 3. The topological polar surface area (TPSA) is 143 Å². The van der Waals surface area contributed by atoms with E-state index in [0.717, 1.165) is 36.8 Å². The van der Waals surface area contributed by atoms with E-state index in [4.69, 9.17) is 5.73 Å². The maximum atomic E-state index is 12.9. The summed E-state index contributed by atoms with van der Waals surface area (Å²) in [5, 5.41) is 21.3. The number of nitrogens with one attached hydrogen (secondary N) is 1. The predicted octanol–water partition coefficient (Wildman–Crippen LogP) is 1.78. The summed E-state index contributed by atoms with van der Waals surface area (Å²) in [7, 11) is 0. The Morgan fingerprint density at radius 2 is 2.00 bits per heavy atom. The Labute approximate surface area is 210 Å². The molecule has 2 aromatic heterocycles. The van der Waals surface area contributed by atoms with E-state index in [9.17, 15) is 19.5 Å². The van der Waals surface area contributed by atoms with E-state index < -0.39 is 17.4 Å². The molecule has 1 fully saturated rings. The normalized spacial score (nSPS) is 22.3. The average Bonchev–Trinajstić information content (AvgIpc) is 3.28. The number of hydrogen-bond acceptors (Lipinski definition) is 8. The monoisotopic (exact) mass is 514 g/mol. The highest BCUT2D eigenvalue weighted by molar-refractivity contribution is 8.01. The number of rotatable bonds is 8. The van der Waals surface area contributed by atoms with Gasteiger partial charge in [0.25, 0.3) is 5.91 Å². The number of amides is 2. The number of carboxylic acids is 1. The molecule has 1 saturated heterocycles. The Bertz CT molecular complexity index is 1260. The number of aromatic nitrogens is 3. The first-order chi connectivity index (χ1) is 17.0. The lowest BCUT2D eigenvalue weighted by Gasteiger charge is -2.49. The van der Waals surface area contributed by atoms with E-state index in [0.29, 0.717) is 34.4 Å². The minimum absolute atomic E-state index is 0.00553. The average molecular weight is 515 g/mol. The molecule has 35 heavy (non-hydrogen) atoms. The van der Waals surface area contributed by atoms with Crippen LogP contribution in [-0.2, 0) is 14.4 Å². The largest absolute Gasteiger partial charge is 0.477 e. The molecule has 0 radical (unpaired) electrons. The van der Waals surface area contributed by atoms with E-state index in [1.165, 1.54) is 28.4 Å². The summed E-state index contributed by atoms with van der Waals surface area (Å²) in [6.07, 6.45) is 6.00. The zero-order chi connectivity index (χ0) is 24.5. The van der Waals surface area contributed by atoms with Gasteiger partial charge in [-0.15, -0.1) is 22.0 Å². The number of thioether (sulfide) groups is 2. The summed E-state index contributed by atoms with van der Waals surface area (Å²) < 4.78 is 1.84. The first-order valence-electron chi connectivity index (χ1n) is 11.5. The Morgan fingerprint density at radius 1 is 1.20 bits per heavy atom. The second-order valence-electron chi connectivity index (χ2n) is 8.71. The molecule has 2 atom stereocenters. The fraction of sp³-hybridized carbons (Fsp3) is 0.435. The van der Waals surface area contributed by atoms with Crippen molar-refractivity contribution in [1.82, 2.24) is 24.8 Å². The highest BCUT2D eigenvalue weighted by atomic mass is 32.2. The molecule has 10 nitrogen and oxygen atoms in total. The molecular weight excluding hydrogens is 488 g/mol. The SMILES string of the molecule is NCC1=C(CC(=O)NC2C(=O)N3C(C(=O)O)=C(CSc4nnc5ccccn45)CS[C@@H]23)CCCC1. The molecule has 2 aromatic rings. The van der Waals surface area contributed by atoms with E-state index in [-0.39, 0.29) is 23.9 Å². The quantitative estimate of drug-likeness (QED) is 0.273. The van der Waals surface area contributed by atoms with Gasteiger partial charge >= 0.3 is 5.97 Å². The van der Waals surface area contributed by atoms with Crippen LogP contribution < -0.4 is 11.1 Å². The third-order valence-electron chi connectivity index (χ3n) is 6.55. The Hall–Kier alpha value is -2.83. The molecule has 0 aromatic carbocycles. The van der Waals surface area contributed by atoms with Gasteiger partial charge in [-0.2, -0.15) is 0 Å². The molecule has 12 heteroatoms. The Morgan fingerprint density at radius 3 is 2.77 bits per heavy atom. The summed E-state index contributed by atoms with van der Waals surface area (Å²) in [6, 6.07) is 4.87. The summed E-state index contributed by atoms with van der Waals surface area (Å²) in [5.74, 6) is -0.926.